The molecule has 2 saturated carbocycles. The first-order chi connectivity index (χ1) is 9.05. The maximum Gasteiger partial charge on any atom is -0.0110 e. The maximum absolute atomic E-state index is 2.58. The molecule has 0 spiro atoms. The molecule has 0 aromatic heterocycles. The molecule has 0 N–H and O–H groups in total. The average molecular weight is 258 g/mol. The van der Waals surface area contributed by atoms with Crippen LogP contribution in [0.3, 0.4) is 0 Å². The van der Waals surface area contributed by atoms with E-state index in [1.807, 2.05) is 0 Å². The molecule has 3 rings (SSSR count). The molecule has 2 fully saturated rings. The first kappa shape index (κ1) is 13.5. The van der Waals surface area contributed by atoms with E-state index < -0.39 is 0 Å². The molecule has 106 valence electrons. The van der Waals surface area contributed by atoms with E-state index in [9.17, 15) is 0 Å². The number of rotatable bonds is 2. The van der Waals surface area contributed by atoms with Gasteiger partial charge in [0.05, 0.1) is 0 Å². The van der Waals surface area contributed by atoms with Crippen molar-refractivity contribution in [3.05, 3.63) is 23.8 Å². The molecule has 0 saturated heterocycles. The van der Waals surface area contributed by atoms with Crippen LogP contribution in [0.4, 0.5) is 0 Å². The molecular formula is C19H30. The number of allylic oxidation sites excluding steroid dienone is 4. The fraction of sp³-hybridized carbons (Fsp3) is 0.789. The Morgan fingerprint density at radius 3 is 2.84 bits per heavy atom. The topological polar surface area (TPSA) is 0 Å². The summed E-state index contributed by atoms with van der Waals surface area (Å²) in [5.74, 6) is 4.55. The van der Waals surface area contributed by atoms with Gasteiger partial charge in [0, 0.05) is 0 Å². The van der Waals surface area contributed by atoms with Gasteiger partial charge in [0.1, 0.15) is 0 Å². The van der Waals surface area contributed by atoms with Gasteiger partial charge in [-0.1, -0.05) is 51.5 Å². The van der Waals surface area contributed by atoms with Gasteiger partial charge in [0.2, 0.25) is 0 Å². The van der Waals surface area contributed by atoms with Crippen LogP contribution in [0, 0.1) is 35.0 Å². The van der Waals surface area contributed by atoms with Gasteiger partial charge in [-0.3, -0.25) is 0 Å². The molecule has 0 bridgehead atoms. The van der Waals surface area contributed by atoms with Crippen molar-refractivity contribution in [1.29, 1.82) is 0 Å². The Morgan fingerprint density at radius 2 is 2.16 bits per heavy atom. The van der Waals surface area contributed by atoms with Crippen molar-refractivity contribution in [2.75, 3.05) is 0 Å². The Kier molecular flexibility index (Phi) is 3.39. The fourth-order valence-electron chi connectivity index (χ4n) is 5.57. The van der Waals surface area contributed by atoms with Gasteiger partial charge in [-0.2, -0.15) is 0 Å². The van der Waals surface area contributed by atoms with Gasteiger partial charge in [-0.05, 0) is 67.1 Å². The van der Waals surface area contributed by atoms with Crippen LogP contribution in [0.25, 0.3) is 0 Å². The zero-order valence-corrected chi connectivity index (χ0v) is 13.2. The first-order valence-corrected chi connectivity index (χ1v) is 8.43. The van der Waals surface area contributed by atoms with E-state index in [-0.39, 0.29) is 0 Å². The summed E-state index contributed by atoms with van der Waals surface area (Å²) >= 11 is 0. The van der Waals surface area contributed by atoms with E-state index in [2.05, 4.69) is 45.9 Å². The Hall–Kier alpha value is -0.520. The molecule has 0 aromatic rings. The summed E-state index contributed by atoms with van der Waals surface area (Å²) in [4.78, 5) is 0. The zero-order valence-electron chi connectivity index (χ0n) is 13.2. The van der Waals surface area contributed by atoms with Gasteiger partial charge in [-0.15, -0.1) is 0 Å². The monoisotopic (exact) mass is 258 g/mol. The van der Waals surface area contributed by atoms with Crippen molar-refractivity contribution in [2.45, 2.75) is 59.8 Å². The predicted octanol–water partition coefficient (Wildman–Crippen LogP) is 5.61. The molecule has 5 unspecified atom stereocenters. The van der Waals surface area contributed by atoms with Crippen LogP contribution in [0.15, 0.2) is 23.8 Å². The van der Waals surface area contributed by atoms with Crippen LogP contribution < -0.4 is 0 Å². The predicted molar refractivity (Wildman–Crippen MR) is 82.9 cm³/mol. The van der Waals surface area contributed by atoms with Crippen molar-refractivity contribution in [1.82, 2.24) is 0 Å². The smallest absolute Gasteiger partial charge is 0.0110 e. The van der Waals surface area contributed by atoms with Gasteiger partial charge >= 0.3 is 0 Å². The van der Waals surface area contributed by atoms with E-state index in [0.29, 0.717) is 5.41 Å². The Morgan fingerprint density at radius 1 is 1.37 bits per heavy atom. The van der Waals surface area contributed by atoms with Crippen LogP contribution in [0.2, 0.25) is 0 Å². The minimum Gasteiger partial charge on any atom is -0.0877 e. The minimum absolute atomic E-state index is 0.538. The van der Waals surface area contributed by atoms with Crippen molar-refractivity contribution < 1.29 is 0 Å². The molecule has 3 aliphatic rings. The Bertz CT molecular complexity index is 400. The molecule has 0 radical (unpaired) electrons. The van der Waals surface area contributed by atoms with Crippen molar-refractivity contribution in [3.63, 3.8) is 0 Å². The normalized spacial score (nSPS) is 46.9. The molecule has 0 heteroatoms. The molecule has 0 aliphatic heterocycles. The van der Waals surface area contributed by atoms with Gasteiger partial charge in [0.15, 0.2) is 0 Å². The van der Waals surface area contributed by atoms with Crippen molar-refractivity contribution in [3.8, 4) is 0 Å². The molecule has 3 aliphatic carbocycles. The highest BCUT2D eigenvalue weighted by Crippen LogP contribution is 2.62. The van der Waals surface area contributed by atoms with Crippen molar-refractivity contribution >= 4 is 0 Å². The van der Waals surface area contributed by atoms with Gasteiger partial charge in [-0.25, -0.2) is 0 Å². The van der Waals surface area contributed by atoms with E-state index in [4.69, 9.17) is 0 Å². The zero-order chi connectivity index (χ0) is 13.6. The lowest BCUT2D eigenvalue weighted by molar-refractivity contribution is 0.190. The lowest BCUT2D eigenvalue weighted by atomic mass is 9.67. The second-order valence-electron chi connectivity index (χ2n) is 7.82. The standard InChI is InChI=1S/C19H30/c1-5-15-14(11-13(2)3)8-9-16-17(15)12-19(4)10-6-7-18(16)19/h6,10-11,13,15-18H,5,7-9,12H2,1-4H3/b14-11-. The summed E-state index contributed by atoms with van der Waals surface area (Å²) in [5, 5.41) is 0. The lowest BCUT2D eigenvalue weighted by Gasteiger charge is -2.38. The van der Waals surface area contributed by atoms with Crippen LogP contribution in [0.1, 0.15) is 59.8 Å². The van der Waals surface area contributed by atoms with Crippen LogP contribution in [-0.4, -0.2) is 0 Å². The summed E-state index contributed by atoms with van der Waals surface area (Å²) < 4.78 is 0. The first-order valence-electron chi connectivity index (χ1n) is 8.43. The molecule has 0 nitrogen and oxygen atoms in total. The largest absolute Gasteiger partial charge is 0.0877 e. The quantitative estimate of drug-likeness (QED) is 0.565. The van der Waals surface area contributed by atoms with Crippen LogP contribution in [-0.2, 0) is 0 Å². The third kappa shape index (κ3) is 2.12. The molecular weight excluding hydrogens is 228 g/mol. The maximum atomic E-state index is 2.58. The fourth-order valence-corrected chi connectivity index (χ4v) is 5.57. The third-order valence-corrected chi connectivity index (χ3v) is 6.22. The Balaban J connectivity index is 1.87. The summed E-state index contributed by atoms with van der Waals surface area (Å²) in [6.07, 6.45) is 14.6. The summed E-state index contributed by atoms with van der Waals surface area (Å²) in [5.41, 5.74) is 2.34. The summed E-state index contributed by atoms with van der Waals surface area (Å²) in [6.45, 7) is 9.60. The van der Waals surface area contributed by atoms with E-state index >= 15 is 0 Å². The number of hydrogen-bond acceptors (Lipinski definition) is 0. The Labute approximate surface area is 119 Å². The summed E-state index contributed by atoms with van der Waals surface area (Å²) in [7, 11) is 0. The lowest BCUT2D eigenvalue weighted by Crippen LogP contribution is -2.29. The highest BCUT2D eigenvalue weighted by atomic mass is 14.6. The summed E-state index contributed by atoms with van der Waals surface area (Å²) in [6, 6.07) is 0. The van der Waals surface area contributed by atoms with E-state index in [0.717, 1.165) is 29.6 Å². The van der Waals surface area contributed by atoms with E-state index in [1.54, 1.807) is 5.57 Å². The molecule has 5 atom stereocenters. The number of hydrogen-bond donors (Lipinski definition) is 0. The SMILES string of the molecule is CCC1/C(=C\C(C)C)CCC2C1CC1(C)C=CCC21. The average Bonchev–Trinajstić information content (AvgIpc) is 2.82. The van der Waals surface area contributed by atoms with E-state index in [1.165, 1.54) is 32.1 Å². The highest BCUT2D eigenvalue weighted by molar-refractivity contribution is 5.22. The second kappa shape index (κ2) is 4.79. The third-order valence-electron chi connectivity index (χ3n) is 6.22. The molecule has 0 amide bonds. The van der Waals surface area contributed by atoms with Crippen molar-refractivity contribution in [2.24, 2.45) is 35.0 Å². The van der Waals surface area contributed by atoms with Crippen LogP contribution in [0.5, 0.6) is 0 Å². The molecule has 0 heterocycles. The van der Waals surface area contributed by atoms with Gasteiger partial charge < -0.3 is 0 Å². The molecule has 0 aromatic carbocycles. The van der Waals surface area contributed by atoms with Crippen LogP contribution >= 0.6 is 0 Å². The van der Waals surface area contributed by atoms with Gasteiger partial charge in [0.25, 0.3) is 0 Å². The minimum atomic E-state index is 0.538. The highest BCUT2D eigenvalue weighted by Gasteiger charge is 2.53. The molecule has 19 heavy (non-hydrogen) atoms. The second-order valence-corrected chi connectivity index (χ2v) is 7.82. The number of fused-ring (bicyclic) bond motifs is 3.